The van der Waals surface area contributed by atoms with Gasteiger partial charge in [0.05, 0.1) is 12.6 Å². The molecular weight excluding hydrogens is 208 g/mol. The lowest BCUT2D eigenvalue weighted by molar-refractivity contribution is -0.136. The van der Waals surface area contributed by atoms with Gasteiger partial charge in [0, 0.05) is 13.5 Å². The van der Waals surface area contributed by atoms with E-state index >= 15 is 0 Å². The van der Waals surface area contributed by atoms with E-state index in [4.69, 9.17) is 4.52 Å². The maximum atomic E-state index is 11.9. The van der Waals surface area contributed by atoms with E-state index in [0.717, 1.165) is 19.4 Å². The minimum atomic E-state index is -0.0678. The Morgan fingerprint density at radius 3 is 3.06 bits per heavy atom. The zero-order valence-electron chi connectivity index (χ0n) is 9.56. The molecule has 2 heterocycles. The van der Waals surface area contributed by atoms with Gasteiger partial charge in [0.2, 0.25) is 11.8 Å². The maximum Gasteiger partial charge on any atom is 0.240 e. The maximum absolute atomic E-state index is 11.9. The molecule has 6 nitrogen and oxygen atoms in total. The highest BCUT2D eigenvalue weighted by Gasteiger charge is 2.28. The van der Waals surface area contributed by atoms with E-state index in [-0.39, 0.29) is 11.9 Å². The van der Waals surface area contributed by atoms with E-state index in [0.29, 0.717) is 18.3 Å². The Bertz CT molecular complexity index is 377. The number of nitrogens with one attached hydrogen (secondary N) is 1. The topological polar surface area (TPSA) is 71.3 Å². The molecule has 6 heteroatoms. The third-order valence-corrected chi connectivity index (χ3v) is 2.78. The number of aromatic nitrogens is 2. The molecule has 0 saturated carbocycles. The molecule has 88 valence electrons. The molecule has 0 bridgehead atoms. The molecule has 1 aromatic rings. The molecule has 1 aliphatic heterocycles. The number of amides is 1. The van der Waals surface area contributed by atoms with Crippen molar-refractivity contribution in [2.24, 2.45) is 0 Å². The van der Waals surface area contributed by atoms with Gasteiger partial charge in [0.1, 0.15) is 0 Å². The SMILES string of the molecule is CNC1CCCN(Cc2noc(C)n2)C1=O. The molecule has 0 aliphatic carbocycles. The van der Waals surface area contributed by atoms with Gasteiger partial charge in [0.25, 0.3) is 0 Å². The zero-order chi connectivity index (χ0) is 11.5. The van der Waals surface area contributed by atoms with Crippen molar-refractivity contribution in [3.8, 4) is 0 Å². The van der Waals surface area contributed by atoms with Crippen LogP contribution in [-0.2, 0) is 11.3 Å². The molecule has 1 aromatic heterocycles. The summed E-state index contributed by atoms with van der Waals surface area (Å²) in [4.78, 5) is 17.8. The summed E-state index contributed by atoms with van der Waals surface area (Å²) in [6.45, 7) is 2.95. The first-order chi connectivity index (χ1) is 7.70. The van der Waals surface area contributed by atoms with Gasteiger partial charge in [0.15, 0.2) is 5.82 Å². The number of carbonyl (C=O) groups is 1. The summed E-state index contributed by atoms with van der Waals surface area (Å²) in [6.07, 6.45) is 1.91. The number of hydrogen-bond acceptors (Lipinski definition) is 5. The van der Waals surface area contributed by atoms with E-state index in [2.05, 4.69) is 15.5 Å². The van der Waals surface area contributed by atoms with Crippen LogP contribution in [0.5, 0.6) is 0 Å². The van der Waals surface area contributed by atoms with Crippen LogP contribution < -0.4 is 5.32 Å². The van der Waals surface area contributed by atoms with Crippen LogP contribution in [0.2, 0.25) is 0 Å². The first kappa shape index (κ1) is 11.1. The zero-order valence-corrected chi connectivity index (χ0v) is 9.56. The second kappa shape index (κ2) is 4.61. The number of rotatable bonds is 3. The van der Waals surface area contributed by atoms with Crippen LogP contribution in [0.25, 0.3) is 0 Å². The number of likely N-dealkylation sites (tertiary alicyclic amines) is 1. The third kappa shape index (κ3) is 2.21. The fourth-order valence-electron chi connectivity index (χ4n) is 1.94. The van der Waals surface area contributed by atoms with Crippen molar-refractivity contribution in [3.63, 3.8) is 0 Å². The lowest BCUT2D eigenvalue weighted by atomic mass is 10.1. The van der Waals surface area contributed by atoms with Gasteiger partial charge in [-0.3, -0.25) is 4.79 Å². The second-order valence-corrected chi connectivity index (χ2v) is 3.97. The van der Waals surface area contributed by atoms with E-state index in [9.17, 15) is 4.79 Å². The summed E-state index contributed by atoms with van der Waals surface area (Å²) in [5.41, 5.74) is 0. The highest BCUT2D eigenvalue weighted by atomic mass is 16.5. The first-order valence-corrected chi connectivity index (χ1v) is 5.46. The first-order valence-electron chi connectivity index (χ1n) is 5.46. The Hall–Kier alpha value is -1.43. The average Bonchev–Trinajstić information content (AvgIpc) is 2.67. The molecule has 0 aromatic carbocycles. The van der Waals surface area contributed by atoms with Crippen molar-refractivity contribution < 1.29 is 9.32 Å². The van der Waals surface area contributed by atoms with Crippen LogP contribution in [0.15, 0.2) is 4.52 Å². The molecule has 1 saturated heterocycles. The Labute approximate surface area is 94.0 Å². The minimum Gasteiger partial charge on any atom is -0.340 e. The lowest BCUT2D eigenvalue weighted by Crippen LogP contribution is -2.49. The van der Waals surface area contributed by atoms with Crippen LogP contribution in [0, 0.1) is 6.92 Å². The van der Waals surface area contributed by atoms with Gasteiger partial charge < -0.3 is 14.7 Å². The van der Waals surface area contributed by atoms with Crippen molar-refractivity contribution in [2.75, 3.05) is 13.6 Å². The average molecular weight is 224 g/mol. The highest BCUT2D eigenvalue weighted by molar-refractivity contribution is 5.82. The minimum absolute atomic E-state index is 0.0678. The summed E-state index contributed by atoms with van der Waals surface area (Å²) in [5.74, 6) is 1.23. The summed E-state index contributed by atoms with van der Waals surface area (Å²) in [5, 5.41) is 6.81. The predicted molar refractivity (Wildman–Crippen MR) is 56.5 cm³/mol. The molecule has 1 fully saturated rings. The Balaban J connectivity index is 2.01. The van der Waals surface area contributed by atoms with Crippen LogP contribution in [0.3, 0.4) is 0 Å². The number of carbonyl (C=O) groups excluding carboxylic acids is 1. The van der Waals surface area contributed by atoms with Crippen molar-refractivity contribution in [1.29, 1.82) is 0 Å². The quantitative estimate of drug-likeness (QED) is 0.787. The smallest absolute Gasteiger partial charge is 0.240 e. The standard InChI is InChI=1S/C10H16N4O2/c1-7-12-9(13-16-7)6-14-5-3-4-8(11-2)10(14)15/h8,11H,3-6H2,1-2H3. The molecule has 2 rings (SSSR count). The van der Waals surface area contributed by atoms with E-state index in [1.54, 1.807) is 11.8 Å². The fourth-order valence-corrected chi connectivity index (χ4v) is 1.94. The largest absolute Gasteiger partial charge is 0.340 e. The summed E-state index contributed by atoms with van der Waals surface area (Å²) in [7, 11) is 1.81. The van der Waals surface area contributed by atoms with Crippen LogP contribution in [-0.4, -0.2) is 40.6 Å². The molecule has 1 atom stereocenters. The number of nitrogens with zero attached hydrogens (tertiary/aromatic N) is 3. The van der Waals surface area contributed by atoms with Crippen LogP contribution in [0.1, 0.15) is 24.6 Å². The van der Waals surface area contributed by atoms with E-state index in [1.165, 1.54) is 0 Å². The highest BCUT2D eigenvalue weighted by Crippen LogP contribution is 2.13. The summed E-state index contributed by atoms with van der Waals surface area (Å²) < 4.78 is 4.88. The molecule has 1 aliphatic rings. The van der Waals surface area contributed by atoms with Gasteiger partial charge in [-0.15, -0.1) is 0 Å². The van der Waals surface area contributed by atoms with E-state index in [1.807, 2.05) is 7.05 Å². The van der Waals surface area contributed by atoms with Crippen molar-refractivity contribution in [3.05, 3.63) is 11.7 Å². The molecule has 0 radical (unpaired) electrons. The molecule has 0 spiro atoms. The molecular formula is C10H16N4O2. The normalized spacial score (nSPS) is 21.5. The van der Waals surface area contributed by atoms with Crippen molar-refractivity contribution in [1.82, 2.24) is 20.4 Å². The van der Waals surface area contributed by atoms with Crippen molar-refractivity contribution in [2.45, 2.75) is 32.4 Å². The van der Waals surface area contributed by atoms with Gasteiger partial charge in [-0.25, -0.2) is 0 Å². The molecule has 1 unspecified atom stereocenters. The van der Waals surface area contributed by atoms with Crippen LogP contribution in [0.4, 0.5) is 0 Å². The van der Waals surface area contributed by atoms with E-state index < -0.39 is 0 Å². The second-order valence-electron chi connectivity index (χ2n) is 3.97. The number of piperidine rings is 1. The Kier molecular flexibility index (Phi) is 3.19. The summed E-state index contributed by atoms with van der Waals surface area (Å²) in [6, 6.07) is -0.0678. The molecule has 1 N–H and O–H groups in total. The molecule has 1 amide bonds. The Morgan fingerprint density at radius 2 is 2.44 bits per heavy atom. The van der Waals surface area contributed by atoms with Gasteiger partial charge in [-0.2, -0.15) is 4.98 Å². The van der Waals surface area contributed by atoms with Crippen molar-refractivity contribution >= 4 is 5.91 Å². The number of likely N-dealkylation sites (N-methyl/N-ethyl adjacent to an activating group) is 1. The predicted octanol–water partition coefficient (Wildman–Crippen LogP) is 0.0884. The van der Waals surface area contributed by atoms with Gasteiger partial charge in [-0.1, -0.05) is 5.16 Å². The number of hydrogen-bond donors (Lipinski definition) is 1. The summed E-state index contributed by atoms with van der Waals surface area (Å²) >= 11 is 0. The Morgan fingerprint density at radius 1 is 1.62 bits per heavy atom. The third-order valence-electron chi connectivity index (χ3n) is 2.78. The molecule has 16 heavy (non-hydrogen) atoms. The fraction of sp³-hybridized carbons (Fsp3) is 0.700. The number of aryl methyl sites for hydroxylation is 1. The van der Waals surface area contributed by atoms with Gasteiger partial charge >= 0.3 is 0 Å². The lowest BCUT2D eigenvalue weighted by Gasteiger charge is -2.31. The van der Waals surface area contributed by atoms with Gasteiger partial charge in [-0.05, 0) is 19.9 Å². The monoisotopic (exact) mass is 224 g/mol. The van der Waals surface area contributed by atoms with Crippen LogP contribution >= 0.6 is 0 Å².